The van der Waals surface area contributed by atoms with Gasteiger partial charge in [-0.1, -0.05) is 29.3 Å². The lowest BCUT2D eigenvalue weighted by molar-refractivity contribution is 0.500. The van der Waals surface area contributed by atoms with Gasteiger partial charge in [0.1, 0.15) is 5.82 Å². The van der Waals surface area contributed by atoms with Gasteiger partial charge in [-0.05, 0) is 37.6 Å². The zero-order valence-corrected chi connectivity index (χ0v) is 12.3. The van der Waals surface area contributed by atoms with Crippen molar-refractivity contribution in [3.8, 4) is 0 Å². The van der Waals surface area contributed by atoms with E-state index in [1.165, 1.54) is 6.07 Å². The van der Waals surface area contributed by atoms with Gasteiger partial charge in [0.2, 0.25) is 0 Å². The van der Waals surface area contributed by atoms with Crippen molar-refractivity contribution in [2.75, 3.05) is 24.5 Å². The van der Waals surface area contributed by atoms with Crippen molar-refractivity contribution < 1.29 is 4.39 Å². The minimum Gasteiger partial charge on any atom is -0.368 e. The third kappa shape index (κ3) is 3.45. The monoisotopic (exact) mass is 314 g/mol. The van der Waals surface area contributed by atoms with Crippen LogP contribution in [0.2, 0.25) is 0 Å². The maximum atomic E-state index is 13.9. The topological polar surface area (TPSA) is 15.3 Å². The van der Waals surface area contributed by atoms with Crippen LogP contribution in [0.1, 0.15) is 26.2 Å². The molecule has 1 heterocycles. The van der Waals surface area contributed by atoms with Gasteiger partial charge < -0.3 is 10.2 Å². The third-order valence-electron chi connectivity index (χ3n) is 3.36. The molecule has 0 bridgehead atoms. The molecule has 1 N–H and O–H groups in total. The molecule has 0 aromatic heterocycles. The van der Waals surface area contributed by atoms with Crippen LogP contribution in [-0.2, 0) is 0 Å². The Bertz CT molecular complexity index is 397. The van der Waals surface area contributed by atoms with Gasteiger partial charge in [0.15, 0.2) is 0 Å². The zero-order valence-electron chi connectivity index (χ0n) is 10.8. The molecule has 2 rings (SSSR count). The molecule has 0 radical (unpaired) electrons. The van der Waals surface area contributed by atoms with E-state index in [0.29, 0.717) is 11.7 Å². The second kappa shape index (κ2) is 6.53. The number of anilines is 1. The van der Waals surface area contributed by atoms with Gasteiger partial charge >= 0.3 is 0 Å². The van der Waals surface area contributed by atoms with Crippen molar-refractivity contribution >= 4 is 21.6 Å². The molecule has 1 aromatic carbocycles. The van der Waals surface area contributed by atoms with Crippen molar-refractivity contribution in [3.63, 3.8) is 0 Å². The number of nitrogens with zero attached hydrogens (tertiary/aromatic N) is 1. The molecule has 0 spiro atoms. The largest absolute Gasteiger partial charge is 0.368 e. The van der Waals surface area contributed by atoms with Crippen molar-refractivity contribution in [3.05, 3.63) is 28.5 Å². The first-order valence-corrected chi connectivity index (χ1v) is 7.43. The van der Waals surface area contributed by atoms with E-state index in [0.717, 1.165) is 43.4 Å². The van der Waals surface area contributed by atoms with Crippen LogP contribution in [0.15, 0.2) is 22.7 Å². The Morgan fingerprint density at radius 2 is 2.33 bits per heavy atom. The standard InChI is InChI=1S/C14H20BrFN2/c1-2-4-12-10-18(8-3-7-17-12)14-9-11(15)5-6-13(14)16/h5-6,9,12,17H,2-4,7-8,10H2,1H3. The van der Waals surface area contributed by atoms with Crippen LogP contribution in [0, 0.1) is 5.82 Å². The summed E-state index contributed by atoms with van der Waals surface area (Å²) in [6, 6.07) is 5.63. The Morgan fingerprint density at radius 1 is 1.50 bits per heavy atom. The highest BCUT2D eigenvalue weighted by Crippen LogP contribution is 2.25. The first kappa shape index (κ1) is 13.8. The number of benzene rings is 1. The van der Waals surface area contributed by atoms with Gasteiger partial charge in [-0.25, -0.2) is 4.39 Å². The predicted molar refractivity (Wildman–Crippen MR) is 77.6 cm³/mol. The summed E-state index contributed by atoms with van der Waals surface area (Å²) >= 11 is 3.42. The minimum absolute atomic E-state index is 0.129. The Kier molecular flexibility index (Phi) is 5.01. The molecule has 1 unspecified atom stereocenters. The summed E-state index contributed by atoms with van der Waals surface area (Å²) in [6.45, 7) is 5.02. The zero-order chi connectivity index (χ0) is 13.0. The maximum Gasteiger partial charge on any atom is 0.146 e. The van der Waals surface area contributed by atoms with Gasteiger partial charge in [-0.15, -0.1) is 0 Å². The normalized spacial score (nSPS) is 20.8. The molecule has 100 valence electrons. The van der Waals surface area contributed by atoms with E-state index in [2.05, 4.69) is 33.1 Å². The molecule has 1 saturated heterocycles. The van der Waals surface area contributed by atoms with Crippen LogP contribution in [0.5, 0.6) is 0 Å². The molecule has 2 nitrogen and oxygen atoms in total. The van der Waals surface area contributed by atoms with Crippen LogP contribution < -0.4 is 10.2 Å². The number of rotatable bonds is 3. The second-order valence-corrected chi connectivity index (χ2v) is 5.75. The van der Waals surface area contributed by atoms with Gasteiger partial charge in [0.05, 0.1) is 5.69 Å². The van der Waals surface area contributed by atoms with E-state index < -0.39 is 0 Å². The summed E-state index contributed by atoms with van der Waals surface area (Å²) < 4.78 is 14.9. The maximum absolute atomic E-state index is 13.9. The van der Waals surface area contributed by atoms with Gasteiger partial charge in [0.25, 0.3) is 0 Å². The quantitative estimate of drug-likeness (QED) is 0.917. The van der Waals surface area contributed by atoms with Crippen molar-refractivity contribution in [2.24, 2.45) is 0 Å². The molecule has 0 aliphatic carbocycles. The minimum atomic E-state index is -0.129. The second-order valence-electron chi connectivity index (χ2n) is 4.84. The van der Waals surface area contributed by atoms with Crippen LogP contribution in [0.4, 0.5) is 10.1 Å². The van der Waals surface area contributed by atoms with E-state index in [-0.39, 0.29) is 5.82 Å². The fraction of sp³-hybridized carbons (Fsp3) is 0.571. The van der Waals surface area contributed by atoms with Crippen LogP contribution in [0.3, 0.4) is 0 Å². The molecule has 0 saturated carbocycles. The van der Waals surface area contributed by atoms with E-state index in [4.69, 9.17) is 0 Å². The predicted octanol–water partition coefficient (Wildman–Crippen LogP) is 3.56. The van der Waals surface area contributed by atoms with E-state index in [1.807, 2.05) is 6.07 Å². The van der Waals surface area contributed by atoms with Crippen molar-refractivity contribution in [1.82, 2.24) is 5.32 Å². The molecule has 4 heteroatoms. The summed E-state index contributed by atoms with van der Waals surface area (Å²) in [4.78, 5) is 2.17. The van der Waals surface area contributed by atoms with Crippen LogP contribution in [0.25, 0.3) is 0 Å². The SMILES string of the molecule is CCCC1CN(c2cc(Br)ccc2F)CCCN1. The van der Waals surface area contributed by atoms with E-state index in [9.17, 15) is 4.39 Å². The highest BCUT2D eigenvalue weighted by Gasteiger charge is 2.19. The molecule has 1 aliphatic rings. The van der Waals surface area contributed by atoms with Crippen molar-refractivity contribution in [2.45, 2.75) is 32.2 Å². The van der Waals surface area contributed by atoms with Crippen LogP contribution in [-0.4, -0.2) is 25.7 Å². The highest BCUT2D eigenvalue weighted by molar-refractivity contribution is 9.10. The van der Waals surface area contributed by atoms with Crippen molar-refractivity contribution in [1.29, 1.82) is 0 Å². The summed E-state index contributed by atoms with van der Waals surface area (Å²) in [7, 11) is 0. The lowest BCUT2D eigenvalue weighted by Crippen LogP contribution is -2.37. The fourth-order valence-corrected chi connectivity index (χ4v) is 2.84. The average Bonchev–Trinajstić information content (AvgIpc) is 2.58. The van der Waals surface area contributed by atoms with Gasteiger partial charge in [-0.3, -0.25) is 0 Å². The summed E-state index contributed by atoms with van der Waals surface area (Å²) in [6.07, 6.45) is 3.37. The highest BCUT2D eigenvalue weighted by atomic mass is 79.9. The molecule has 1 aromatic rings. The van der Waals surface area contributed by atoms with Gasteiger partial charge in [-0.2, -0.15) is 0 Å². The average molecular weight is 315 g/mol. The number of halogens is 2. The van der Waals surface area contributed by atoms with E-state index in [1.54, 1.807) is 6.07 Å². The summed E-state index contributed by atoms with van der Waals surface area (Å²) in [5.74, 6) is -0.129. The molecule has 0 amide bonds. The molecule has 18 heavy (non-hydrogen) atoms. The Morgan fingerprint density at radius 3 is 3.11 bits per heavy atom. The molecular formula is C14H20BrFN2. The molecular weight excluding hydrogens is 295 g/mol. The number of hydrogen-bond donors (Lipinski definition) is 1. The smallest absolute Gasteiger partial charge is 0.146 e. The van der Waals surface area contributed by atoms with Crippen LogP contribution >= 0.6 is 15.9 Å². The summed E-state index contributed by atoms with van der Waals surface area (Å²) in [5, 5.41) is 3.54. The Labute approximate surface area is 117 Å². The third-order valence-corrected chi connectivity index (χ3v) is 3.86. The van der Waals surface area contributed by atoms with E-state index >= 15 is 0 Å². The molecule has 1 aliphatic heterocycles. The fourth-order valence-electron chi connectivity index (χ4n) is 2.49. The molecule has 1 fully saturated rings. The lowest BCUT2D eigenvalue weighted by atomic mass is 10.1. The first-order chi connectivity index (χ1) is 8.70. The summed E-state index contributed by atoms with van der Waals surface area (Å²) in [5.41, 5.74) is 0.717. The lowest BCUT2D eigenvalue weighted by Gasteiger charge is -2.27. The Balaban J connectivity index is 2.16. The first-order valence-electron chi connectivity index (χ1n) is 6.64. The Hall–Kier alpha value is -0.610. The van der Waals surface area contributed by atoms with Gasteiger partial charge in [0, 0.05) is 23.6 Å². The molecule has 1 atom stereocenters. The number of hydrogen-bond acceptors (Lipinski definition) is 2. The number of nitrogens with one attached hydrogen (secondary N) is 1.